The number of amides is 1. The van der Waals surface area contributed by atoms with Gasteiger partial charge in [0.05, 0.1) is 13.7 Å². The molecule has 4 saturated carbocycles. The van der Waals surface area contributed by atoms with E-state index in [9.17, 15) is 4.79 Å². The van der Waals surface area contributed by atoms with Crippen molar-refractivity contribution in [3.63, 3.8) is 0 Å². The van der Waals surface area contributed by atoms with Crippen molar-refractivity contribution < 1.29 is 14.3 Å². The molecule has 0 aromatic heterocycles. The summed E-state index contributed by atoms with van der Waals surface area (Å²) in [5.41, 5.74) is 1.16. The van der Waals surface area contributed by atoms with Gasteiger partial charge < -0.3 is 14.8 Å². The fraction of sp³-hybridized carbons (Fsp3) is 0.696. The average Bonchev–Trinajstić information content (AvgIpc) is 2.55. The summed E-state index contributed by atoms with van der Waals surface area (Å²) in [7, 11) is 1.64. The smallest absolute Gasteiger partial charge is 0.220 e. The molecular weight excluding hydrogens is 338 g/mol. The van der Waals surface area contributed by atoms with Crippen molar-refractivity contribution in [3.05, 3.63) is 24.3 Å². The summed E-state index contributed by atoms with van der Waals surface area (Å²) in [6, 6.07) is 7.56. The molecule has 4 aliphatic carbocycles. The van der Waals surface area contributed by atoms with Crippen LogP contribution >= 0.6 is 0 Å². The lowest BCUT2D eigenvalue weighted by atomic mass is 9.40. The lowest BCUT2D eigenvalue weighted by Gasteiger charge is -2.65. The molecule has 1 amide bonds. The van der Waals surface area contributed by atoms with E-state index in [1.165, 1.54) is 38.5 Å². The molecule has 0 aliphatic heterocycles. The fourth-order valence-electron chi connectivity index (χ4n) is 7.33. The van der Waals surface area contributed by atoms with Gasteiger partial charge in [-0.1, -0.05) is 19.9 Å². The van der Waals surface area contributed by atoms with E-state index in [1.54, 1.807) is 7.11 Å². The van der Waals surface area contributed by atoms with Crippen LogP contribution in [0.15, 0.2) is 24.3 Å². The fourth-order valence-corrected chi connectivity index (χ4v) is 7.33. The molecule has 0 unspecified atom stereocenters. The van der Waals surface area contributed by atoms with Crippen LogP contribution in [0.1, 0.15) is 58.8 Å². The highest BCUT2D eigenvalue weighted by molar-refractivity contribution is 5.76. The third-order valence-corrected chi connectivity index (χ3v) is 7.01. The third-order valence-electron chi connectivity index (χ3n) is 7.01. The maximum Gasteiger partial charge on any atom is 0.220 e. The van der Waals surface area contributed by atoms with Crippen LogP contribution < -0.4 is 14.8 Å². The zero-order valence-corrected chi connectivity index (χ0v) is 17.0. The lowest BCUT2D eigenvalue weighted by Crippen LogP contribution is -2.56. The molecule has 4 heteroatoms. The molecule has 148 valence electrons. The maximum absolute atomic E-state index is 12.7. The summed E-state index contributed by atoms with van der Waals surface area (Å²) < 4.78 is 10.9. The first-order valence-electron chi connectivity index (χ1n) is 10.3. The quantitative estimate of drug-likeness (QED) is 0.714. The van der Waals surface area contributed by atoms with Crippen molar-refractivity contribution in [3.8, 4) is 11.5 Å². The predicted octanol–water partition coefficient (Wildman–Crippen LogP) is 4.58. The second-order valence-electron chi connectivity index (χ2n) is 10.2. The summed E-state index contributed by atoms with van der Waals surface area (Å²) in [5.74, 6) is 2.57. The minimum Gasteiger partial charge on any atom is -0.497 e. The SMILES string of the molecule is COc1cccc(OCCNC(=O)CC23CC4C[C@](C)(C2)C[C@](C)(C4)C3)c1. The molecule has 1 aromatic carbocycles. The van der Waals surface area contributed by atoms with E-state index >= 15 is 0 Å². The molecule has 0 saturated heterocycles. The Morgan fingerprint density at radius 2 is 1.81 bits per heavy atom. The van der Waals surface area contributed by atoms with Crippen LogP contribution in [0.2, 0.25) is 0 Å². The Hall–Kier alpha value is -1.71. The molecule has 27 heavy (non-hydrogen) atoms. The van der Waals surface area contributed by atoms with Gasteiger partial charge in [0.15, 0.2) is 0 Å². The van der Waals surface area contributed by atoms with Crippen molar-refractivity contribution in [2.24, 2.45) is 22.2 Å². The van der Waals surface area contributed by atoms with Gasteiger partial charge in [0.25, 0.3) is 0 Å². The zero-order chi connectivity index (χ0) is 19.1. The van der Waals surface area contributed by atoms with Crippen LogP contribution in [0.5, 0.6) is 11.5 Å². The van der Waals surface area contributed by atoms with E-state index in [0.29, 0.717) is 30.4 Å². The van der Waals surface area contributed by atoms with E-state index in [0.717, 1.165) is 17.4 Å². The summed E-state index contributed by atoms with van der Waals surface area (Å²) >= 11 is 0. The topological polar surface area (TPSA) is 47.6 Å². The molecular formula is C23H33NO3. The van der Waals surface area contributed by atoms with Crippen LogP contribution in [0.25, 0.3) is 0 Å². The van der Waals surface area contributed by atoms with E-state index in [2.05, 4.69) is 19.2 Å². The largest absolute Gasteiger partial charge is 0.497 e. The van der Waals surface area contributed by atoms with Crippen molar-refractivity contribution >= 4 is 5.91 Å². The molecule has 0 heterocycles. The Labute approximate surface area is 163 Å². The van der Waals surface area contributed by atoms with Gasteiger partial charge in [-0.2, -0.15) is 0 Å². The minimum absolute atomic E-state index is 0.193. The highest BCUT2D eigenvalue weighted by Gasteiger charge is 2.60. The first-order chi connectivity index (χ1) is 12.8. The number of methoxy groups -OCH3 is 1. The first kappa shape index (κ1) is 18.6. The van der Waals surface area contributed by atoms with Gasteiger partial charge in [-0.05, 0) is 72.8 Å². The summed E-state index contributed by atoms with van der Waals surface area (Å²) in [6.45, 7) is 5.95. The molecule has 4 nitrogen and oxygen atoms in total. The Bertz CT molecular complexity index is 697. The number of carbonyl (C=O) groups is 1. The number of benzene rings is 1. The van der Waals surface area contributed by atoms with Crippen LogP contribution in [0.3, 0.4) is 0 Å². The lowest BCUT2D eigenvalue weighted by molar-refractivity contribution is -0.156. The van der Waals surface area contributed by atoms with Gasteiger partial charge in [-0.3, -0.25) is 4.79 Å². The average molecular weight is 372 g/mol. The number of hydrogen-bond acceptors (Lipinski definition) is 3. The van der Waals surface area contributed by atoms with Crippen LogP contribution in [0, 0.1) is 22.2 Å². The predicted molar refractivity (Wildman–Crippen MR) is 106 cm³/mol. The van der Waals surface area contributed by atoms with Gasteiger partial charge >= 0.3 is 0 Å². The minimum atomic E-state index is 0.193. The molecule has 5 rings (SSSR count). The number of nitrogens with one attached hydrogen (secondary N) is 1. The first-order valence-corrected chi connectivity index (χ1v) is 10.3. The standard InChI is InChI=1S/C23H33NO3/c1-21-10-17-11-22(2,14-21)16-23(12-17,15-21)13-20(25)24-7-8-27-19-6-4-5-18(9-19)26-3/h4-6,9,17H,7-8,10-16H2,1-3H3,(H,24,25)/t17?,21-,22-,23?/m0/s1. The number of ether oxygens (including phenoxy) is 2. The van der Waals surface area contributed by atoms with Crippen molar-refractivity contribution in [2.75, 3.05) is 20.3 Å². The maximum atomic E-state index is 12.7. The molecule has 0 radical (unpaired) electrons. The summed E-state index contributed by atoms with van der Waals surface area (Å²) in [6.07, 6.45) is 8.52. The zero-order valence-electron chi connectivity index (χ0n) is 17.0. The van der Waals surface area contributed by atoms with Gasteiger partial charge in [-0.25, -0.2) is 0 Å². The number of rotatable bonds is 7. The van der Waals surface area contributed by atoms with Crippen LogP contribution in [0.4, 0.5) is 0 Å². The van der Waals surface area contributed by atoms with Crippen LogP contribution in [-0.4, -0.2) is 26.2 Å². The highest BCUT2D eigenvalue weighted by Crippen LogP contribution is 2.70. The van der Waals surface area contributed by atoms with Crippen molar-refractivity contribution in [2.45, 2.75) is 58.8 Å². The Morgan fingerprint density at radius 3 is 2.48 bits per heavy atom. The molecule has 4 aliphatic rings. The van der Waals surface area contributed by atoms with E-state index in [-0.39, 0.29) is 11.3 Å². The van der Waals surface area contributed by atoms with Crippen molar-refractivity contribution in [1.29, 1.82) is 0 Å². The Morgan fingerprint density at radius 1 is 1.11 bits per heavy atom. The molecule has 0 spiro atoms. The molecule has 1 aromatic rings. The van der Waals surface area contributed by atoms with Gasteiger partial charge in [0.2, 0.25) is 5.91 Å². The summed E-state index contributed by atoms with van der Waals surface area (Å²) in [4.78, 5) is 12.7. The normalized spacial score (nSPS) is 36.5. The van der Waals surface area contributed by atoms with Crippen molar-refractivity contribution in [1.82, 2.24) is 5.32 Å². The molecule has 1 N–H and O–H groups in total. The third kappa shape index (κ3) is 3.95. The molecule has 4 fully saturated rings. The van der Waals surface area contributed by atoms with E-state index in [4.69, 9.17) is 9.47 Å². The summed E-state index contributed by atoms with van der Waals surface area (Å²) in [5, 5.41) is 3.09. The Kier molecular flexibility index (Phi) is 4.64. The monoisotopic (exact) mass is 371 g/mol. The second kappa shape index (κ2) is 6.72. The molecule has 2 atom stereocenters. The number of hydrogen-bond donors (Lipinski definition) is 1. The highest BCUT2D eigenvalue weighted by atomic mass is 16.5. The second-order valence-corrected chi connectivity index (χ2v) is 10.2. The van der Waals surface area contributed by atoms with Gasteiger partial charge in [0, 0.05) is 12.5 Å². The number of carbonyl (C=O) groups excluding carboxylic acids is 1. The molecule has 4 bridgehead atoms. The van der Waals surface area contributed by atoms with E-state index < -0.39 is 0 Å². The van der Waals surface area contributed by atoms with Gasteiger partial charge in [-0.15, -0.1) is 0 Å². The van der Waals surface area contributed by atoms with Gasteiger partial charge in [0.1, 0.15) is 18.1 Å². The van der Waals surface area contributed by atoms with E-state index in [1.807, 2.05) is 24.3 Å². The van der Waals surface area contributed by atoms with Crippen LogP contribution in [-0.2, 0) is 4.79 Å². The Balaban J connectivity index is 1.27.